The molecule has 3 heterocycles. The van der Waals surface area contributed by atoms with Crippen LogP contribution < -0.4 is 9.64 Å². The lowest BCUT2D eigenvalue weighted by molar-refractivity contribution is -0.274. The van der Waals surface area contributed by atoms with Crippen LogP contribution in [0.15, 0.2) is 39.9 Å². The van der Waals surface area contributed by atoms with E-state index in [1.165, 1.54) is 34.5 Å². The second-order valence-electron chi connectivity index (χ2n) is 7.68. The largest absolute Gasteiger partial charge is 0.573 e. The molecule has 0 atom stereocenters. The third kappa shape index (κ3) is 4.01. The van der Waals surface area contributed by atoms with Crippen LogP contribution in [0.3, 0.4) is 0 Å². The topological polar surface area (TPSA) is 93.0 Å². The Morgan fingerprint density at radius 1 is 1.10 bits per heavy atom. The molecule has 2 saturated heterocycles. The Morgan fingerprint density at radius 2 is 1.71 bits per heavy atom. The van der Waals surface area contributed by atoms with Crippen molar-refractivity contribution in [1.29, 1.82) is 0 Å². The first-order valence-corrected chi connectivity index (χ1v) is 11.1. The molecule has 0 saturated carbocycles. The van der Waals surface area contributed by atoms with Crippen LogP contribution in [0, 0.1) is 12.3 Å². The van der Waals surface area contributed by atoms with E-state index < -0.39 is 21.8 Å². The van der Waals surface area contributed by atoms with Gasteiger partial charge in [-0.2, -0.15) is 4.31 Å². The second-order valence-corrected chi connectivity index (χ2v) is 9.59. The number of hydrogen-bond donors (Lipinski definition) is 0. The van der Waals surface area contributed by atoms with E-state index in [1.54, 1.807) is 0 Å². The second kappa shape index (κ2) is 7.52. The predicted molar refractivity (Wildman–Crippen MR) is 102 cm³/mol. The molecule has 1 aromatic carbocycles. The fourth-order valence-corrected chi connectivity index (χ4v) is 5.71. The average molecular weight is 459 g/mol. The third-order valence-corrected chi connectivity index (χ3v) is 7.89. The maximum atomic E-state index is 13.2. The Labute approximate surface area is 176 Å². The van der Waals surface area contributed by atoms with Gasteiger partial charge in [0.2, 0.25) is 15.9 Å². The van der Waals surface area contributed by atoms with Crippen molar-refractivity contribution < 1.29 is 35.6 Å². The lowest BCUT2D eigenvalue weighted by atomic mass is 9.77. The van der Waals surface area contributed by atoms with E-state index in [-0.39, 0.29) is 35.4 Å². The summed E-state index contributed by atoms with van der Waals surface area (Å²) in [5.41, 5.74) is -0.205. The van der Waals surface area contributed by atoms with Crippen molar-refractivity contribution in [3.8, 4) is 5.75 Å². The number of aromatic nitrogens is 1. The van der Waals surface area contributed by atoms with E-state index in [9.17, 15) is 26.4 Å². The molecule has 1 spiro atoms. The number of hydrogen-bond acceptors (Lipinski definition) is 6. The van der Waals surface area contributed by atoms with Crippen molar-refractivity contribution in [3.63, 3.8) is 0 Å². The average Bonchev–Trinajstić information content (AvgIpc) is 3.27. The molecule has 0 radical (unpaired) electrons. The fourth-order valence-electron chi connectivity index (χ4n) is 4.19. The number of alkyl halides is 3. The van der Waals surface area contributed by atoms with Crippen LogP contribution in [0.5, 0.6) is 5.75 Å². The minimum absolute atomic E-state index is 0.0176. The number of piperidine rings is 1. The summed E-state index contributed by atoms with van der Waals surface area (Å²) in [4.78, 5) is 14.7. The van der Waals surface area contributed by atoms with Gasteiger partial charge < -0.3 is 14.2 Å². The molecule has 2 aliphatic heterocycles. The minimum atomic E-state index is -4.78. The number of carbonyl (C=O) groups excluding carboxylic acids is 1. The minimum Gasteiger partial charge on any atom is -0.406 e. The predicted octanol–water partition coefficient (Wildman–Crippen LogP) is 3.09. The summed E-state index contributed by atoms with van der Waals surface area (Å²) in [6.07, 6.45) is -2.34. The highest BCUT2D eigenvalue weighted by molar-refractivity contribution is 7.89. The van der Waals surface area contributed by atoms with Crippen LogP contribution in [0.25, 0.3) is 0 Å². The van der Waals surface area contributed by atoms with Crippen LogP contribution in [0.4, 0.5) is 18.9 Å². The molecule has 0 N–H and O–H groups in total. The van der Waals surface area contributed by atoms with E-state index in [1.807, 2.05) is 0 Å². The van der Waals surface area contributed by atoms with Crippen LogP contribution in [0.2, 0.25) is 0 Å². The van der Waals surface area contributed by atoms with E-state index in [4.69, 9.17) is 4.52 Å². The standard InChI is InChI=1S/C19H20F3N3O5S/c1-13-16(12-23-30-13)31(27,28)24-9-6-18(7-10-24)8-11-25(17(18)26)14-2-4-15(5-3-14)29-19(20,21)22/h2-5,12H,6-11H2,1H3. The molecular weight excluding hydrogens is 439 g/mol. The summed E-state index contributed by atoms with van der Waals surface area (Å²) in [5.74, 6) is -0.295. The molecule has 1 aromatic heterocycles. The highest BCUT2D eigenvalue weighted by Crippen LogP contribution is 2.44. The van der Waals surface area contributed by atoms with Crippen LogP contribution >= 0.6 is 0 Å². The summed E-state index contributed by atoms with van der Waals surface area (Å²) in [5, 5.41) is 3.52. The van der Waals surface area contributed by atoms with Gasteiger partial charge in [-0.25, -0.2) is 8.42 Å². The Morgan fingerprint density at radius 3 is 2.26 bits per heavy atom. The lowest BCUT2D eigenvalue weighted by Crippen LogP contribution is -2.46. The number of ether oxygens (including phenoxy) is 1. The zero-order valence-corrected chi connectivity index (χ0v) is 17.4. The van der Waals surface area contributed by atoms with Crippen molar-refractivity contribution in [2.75, 3.05) is 24.5 Å². The number of benzene rings is 1. The van der Waals surface area contributed by atoms with Gasteiger partial charge in [0.05, 0.1) is 11.6 Å². The Hall–Kier alpha value is -2.60. The van der Waals surface area contributed by atoms with Crippen LogP contribution in [0.1, 0.15) is 25.0 Å². The van der Waals surface area contributed by atoms with Crippen molar-refractivity contribution >= 4 is 21.6 Å². The summed E-state index contributed by atoms with van der Waals surface area (Å²) in [6.45, 7) is 2.31. The molecule has 2 fully saturated rings. The maximum Gasteiger partial charge on any atom is 0.573 e. The molecule has 1 amide bonds. The number of nitrogens with zero attached hydrogens (tertiary/aromatic N) is 3. The molecule has 168 valence electrons. The molecule has 12 heteroatoms. The molecule has 0 unspecified atom stereocenters. The first-order chi connectivity index (χ1) is 14.5. The number of amides is 1. The molecule has 0 bridgehead atoms. The Kier molecular flexibility index (Phi) is 5.24. The van der Waals surface area contributed by atoms with Crippen LogP contribution in [-0.4, -0.2) is 49.8 Å². The molecule has 4 rings (SSSR count). The number of rotatable bonds is 4. The normalized spacial score (nSPS) is 19.9. The molecule has 2 aliphatic rings. The van der Waals surface area contributed by atoms with Gasteiger partial charge in [-0.1, -0.05) is 5.16 Å². The van der Waals surface area contributed by atoms with Gasteiger partial charge in [0.25, 0.3) is 0 Å². The molecule has 0 aliphatic carbocycles. The van der Waals surface area contributed by atoms with Crippen molar-refractivity contribution in [2.45, 2.75) is 37.4 Å². The summed E-state index contributed by atoms with van der Waals surface area (Å²) in [6, 6.07) is 5.15. The van der Waals surface area contributed by atoms with Crippen molar-refractivity contribution in [1.82, 2.24) is 9.46 Å². The monoisotopic (exact) mass is 459 g/mol. The lowest BCUT2D eigenvalue weighted by Gasteiger charge is -2.37. The van der Waals surface area contributed by atoms with Gasteiger partial charge in [0.15, 0.2) is 5.76 Å². The fraction of sp³-hybridized carbons (Fsp3) is 0.474. The van der Waals surface area contributed by atoms with E-state index >= 15 is 0 Å². The number of carbonyl (C=O) groups is 1. The quantitative estimate of drug-likeness (QED) is 0.698. The van der Waals surface area contributed by atoms with E-state index in [0.29, 0.717) is 31.5 Å². The maximum absolute atomic E-state index is 13.2. The molecular formula is C19H20F3N3O5S. The van der Waals surface area contributed by atoms with Crippen LogP contribution in [-0.2, 0) is 14.8 Å². The highest BCUT2D eigenvalue weighted by atomic mass is 32.2. The summed E-state index contributed by atoms with van der Waals surface area (Å²) in [7, 11) is -3.75. The third-order valence-electron chi connectivity index (χ3n) is 5.90. The first-order valence-electron chi connectivity index (χ1n) is 9.61. The first kappa shape index (κ1) is 21.6. The van der Waals surface area contributed by atoms with Gasteiger partial charge in [0.1, 0.15) is 10.6 Å². The summed E-state index contributed by atoms with van der Waals surface area (Å²) < 4.78 is 72.7. The SMILES string of the molecule is Cc1oncc1S(=O)(=O)N1CCC2(CCN(c3ccc(OC(F)(F)F)cc3)C2=O)CC1. The summed E-state index contributed by atoms with van der Waals surface area (Å²) >= 11 is 0. The van der Waals surface area contributed by atoms with Gasteiger partial charge >= 0.3 is 6.36 Å². The van der Waals surface area contributed by atoms with Crippen molar-refractivity contribution in [2.24, 2.45) is 5.41 Å². The van der Waals surface area contributed by atoms with Gasteiger partial charge in [-0.3, -0.25) is 4.79 Å². The molecule has 2 aromatic rings. The number of halogens is 3. The molecule has 31 heavy (non-hydrogen) atoms. The Bertz CT molecular complexity index is 1070. The van der Waals surface area contributed by atoms with E-state index in [2.05, 4.69) is 9.89 Å². The van der Waals surface area contributed by atoms with Gasteiger partial charge in [-0.15, -0.1) is 13.2 Å². The Balaban J connectivity index is 1.44. The van der Waals surface area contributed by atoms with Gasteiger partial charge in [-0.05, 0) is 50.5 Å². The van der Waals surface area contributed by atoms with E-state index in [0.717, 1.165) is 12.1 Å². The zero-order chi connectivity index (χ0) is 22.4. The number of sulfonamides is 1. The highest BCUT2D eigenvalue weighted by Gasteiger charge is 2.50. The molecule has 8 nitrogen and oxygen atoms in total. The number of anilines is 1. The smallest absolute Gasteiger partial charge is 0.406 e. The van der Waals surface area contributed by atoms with Crippen molar-refractivity contribution in [3.05, 3.63) is 36.2 Å². The zero-order valence-electron chi connectivity index (χ0n) is 16.6. The number of aryl methyl sites for hydroxylation is 1. The van der Waals surface area contributed by atoms with Gasteiger partial charge in [0, 0.05) is 25.3 Å².